The van der Waals surface area contributed by atoms with Crippen molar-refractivity contribution < 1.29 is 9.53 Å². The molecule has 0 radical (unpaired) electrons. The summed E-state index contributed by atoms with van der Waals surface area (Å²) in [6, 6.07) is 5.84. The Balaban J connectivity index is 1.42. The van der Waals surface area contributed by atoms with Gasteiger partial charge in [0.2, 0.25) is 0 Å². The Hall–Kier alpha value is -2.67. The number of hydrogen-bond donors (Lipinski definition) is 0. The van der Waals surface area contributed by atoms with Crippen LogP contribution in [0, 0.1) is 11.8 Å². The van der Waals surface area contributed by atoms with Gasteiger partial charge in [0.1, 0.15) is 11.4 Å². The van der Waals surface area contributed by atoms with Gasteiger partial charge in [-0.15, -0.1) is 10.2 Å². The Labute approximate surface area is 205 Å². The third-order valence-electron chi connectivity index (χ3n) is 6.99. The molecule has 1 amide bonds. The summed E-state index contributed by atoms with van der Waals surface area (Å²) in [7, 11) is 0. The van der Waals surface area contributed by atoms with Gasteiger partial charge in [-0.25, -0.2) is 4.79 Å². The molecule has 0 bridgehead atoms. The Kier molecular flexibility index (Phi) is 6.23. The topological polar surface area (TPSA) is 72.6 Å². The lowest BCUT2D eigenvalue weighted by Gasteiger charge is -2.32. The molecule has 5 rings (SSSR count). The van der Waals surface area contributed by atoms with E-state index in [0.29, 0.717) is 35.9 Å². The molecule has 1 atom stereocenters. The molecule has 0 saturated heterocycles. The Morgan fingerprint density at radius 1 is 1.12 bits per heavy atom. The van der Waals surface area contributed by atoms with E-state index in [1.165, 1.54) is 0 Å². The Morgan fingerprint density at radius 2 is 1.91 bits per heavy atom. The molecule has 1 saturated carbocycles. The van der Waals surface area contributed by atoms with E-state index in [1.807, 2.05) is 45.2 Å². The molecular formula is C26H32ClN5O2. The highest BCUT2D eigenvalue weighted by Crippen LogP contribution is 2.41. The van der Waals surface area contributed by atoms with E-state index in [4.69, 9.17) is 16.3 Å². The van der Waals surface area contributed by atoms with E-state index in [9.17, 15) is 4.79 Å². The van der Waals surface area contributed by atoms with Gasteiger partial charge in [0.15, 0.2) is 5.82 Å². The Morgan fingerprint density at radius 3 is 2.62 bits per heavy atom. The molecule has 7 nitrogen and oxygen atoms in total. The van der Waals surface area contributed by atoms with E-state index >= 15 is 0 Å². The lowest BCUT2D eigenvalue weighted by molar-refractivity contribution is 0.0214. The molecule has 1 aliphatic carbocycles. The van der Waals surface area contributed by atoms with Crippen LogP contribution in [-0.2, 0) is 17.8 Å². The van der Waals surface area contributed by atoms with Crippen LogP contribution in [0.3, 0.4) is 0 Å². The van der Waals surface area contributed by atoms with Gasteiger partial charge in [-0.3, -0.25) is 14.5 Å². The number of dihydropyridines is 1. The fourth-order valence-electron chi connectivity index (χ4n) is 5.35. The summed E-state index contributed by atoms with van der Waals surface area (Å²) in [6.07, 6.45) is 10.4. The zero-order valence-corrected chi connectivity index (χ0v) is 20.8. The highest BCUT2D eigenvalue weighted by atomic mass is 35.5. The second kappa shape index (κ2) is 9.17. The number of ether oxygens (including phenoxy) is 1. The number of nitrogens with zero attached hydrogens (tertiary/aromatic N) is 5. The van der Waals surface area contributed by atoms with Crippen LogP contribution in [-0.4, -0.2) is 44.1 Å². The minimum Gasteiger partial charge on any atom is -0.444 e. The molecule has 0 N–H and O–H groups in total. The minimum atomic E-state index is -0.573. The average molecular weight is 482 g/mol. The van der Waals surface area contributed by atoms with Crippen molar-refractivity contribution in [3.8, 4) is 5.69 Å². The molecule has 3 aliphatic rings. The zero-order chi connectivity index (χ0) is 23.9. The fourth-order valence-corrected chi connectivity index (χ4v) is 5.55. The molecule has 2 aliphatic heterocycles. The molecular weight excluding hydrogens is 450 g/mol. The standard InChI is InChI=1S/C26H32ClN5O2/c1-26(2,3)34-25(33)31-15-20-13-21(27)10-11-22(20)32-23(16-31)29-30-24(32)18-8-6-17(7-9-18)19-5-4-12-28-14-19/h4-5,10-13,17-19H,6-9,14-16H2,1-3H3. The number of halogens is 1. The largest absolute Gasteiger partial charge is 0.444 e. The monoisotopic (exact) mass is 481 g/mol. The third-order valence-corrected chi connectivity index (χ3v) is 7.23. The van der Waals surface area contributed by atoms with E-state index < -0.39 is 5.60 Å². The summed E-state index contributed by atoms with van der Waals surface area (Å²) < 4.78 is 7.83. The van der Waals surface area contributed by atoms with E-state index in [2.05, 4.69) is 31.9 Å². The van der Waals surface area contributed by atoms with Crippen LogP contribution in [0.4, 0.5) is 4.79 Å². The molecule has 180 valence electrons. The minimum absolute atomic E-state index is 0.338. The first kappa shape index (κ1) is 23.1. The van der Waals surface area contributed by atoms with Gasteiger partial charge in [0, 0.05) is 23.7 Å². The first-order chi connectivity index (χ1) is 16.3. The number of carbonyl (C=O) groups excluding carboxylic acids is 1. The van der Waals surface area contributed by atoms with Crippen molar-refractivity contribution in [2.24, 2.45) is 16.8 Å². The summed E-state index contributed by atoms with van der Waals surface area (Å²) in [5.41, 5.74) is 1.39. The second-order valence-electron chi connectivity index (χ2n) is 10.6. The fraction of sp³-hybridized carbons (Fsp3) is 0.538. The maximum Gasteiger partial charge on any atom is 0.411 e. The third kappa shape index (κ3) is 4.76. The number of carbonyl (C=O) groups is 1. The van der Waals surface area contributed by atoms with Crippen LogP contribution >= 0.6 is 11.6 Å². The van der Waals surface area contributed by atoms with Crippen molar-refractivity contribution >= 4 is 23.9 Å². The number of benzene rings is 1. The number of aliphatic imine (C=N–C) groups is 1. The first-order valence-corrected chi connectivity index (χ1v) is 12.5. The van der Waals surface area contributed by atoms with Crippen LogP contribution < -0.4 is 0 Å². The summed E-state index contributed by atoms with van der Waals surface area (Å²) >= 11 is 6.35. The van der Waals surface area contributed by atoms with Crippen LogP contribution in [0.5, 0.6) is 0 Å². The van der Waals surface area contributed by atoms with Gasteiger partial charge in [-0.05, 0) is 88.1 Å². The smallest absolute Gasteiger partial charge is 0.411 e. The summed E-state index contributed by atoms with van der Waals surface area (Å²) in [5, 5.41) is 9.85. The van der Waals surface area contributed by atoms with Gasteiger partial charge in [-0.2, -0.15) is 0 Å². The molecule has 1 aromatic carbocycles. The number of hydrogen-bond acceptors (Lipinski definition) is 5. The SMILES string of the molecule is CC(C)(C)OC(=O)N1Cc2cc(Cl)ccc2-n2c(nnc2C2CCC(C3C=CC=NC3)CC2)C1. The number of rotatable bonds is 2. The molecule has 1 aromatic heterocycles. The molecule has 8 heteroatoms. The number of fused-ring (bicyclic) bond motifs is 3. The highest BCUT2D eigenvalue weighted by molar-refractivity contribution is 6.30. The lowest BCUT2D eigenvalue weighted by atomic mass is 9.75. The van der Waals surface area contributed by atoms with E-state index in [-0.39, 0.29) is 6.09 Å². The zero-order valence-electron chi connectivity index (χ0n) is 20.1. The Bertz CT molecular complexity index is 1120. The summed E-state index contributed by atoms with van der Waals surface area (Å²) in [4.78, 5) is 19.1. The molecule has 34 heavy (non-hydrogen) atoms. The van der Waals surface area contributed by atoms with E-state index in [1.54, 1.807) is 4.90 Å². The van der Waals surface area contributed by atoms with Crippen molar-refractivity contribution in [2.75, 3.05) is 6.54 Å². The van der Waals surface area contributed by atoms with Gasteiger partial charge in [-0.1, -0.05) is 17.7 Å². The quantitative estimate of drug-likeness (QED) is 0.551. The van der Waals surface area contributed by atoms with Gasteiger partial charge < -0.3 is 4.74 Å². The van der Waals surface area contributed by atoms with Crippen LogP contribution in [0.25, 0.3) is 5.69 Å². The number of aromatic nitrogens is 3. The maximum atomic E-state index is 13.0. The van der Waals surface area contributed by atoms with Crippen molar-refractivity contribution in [3.63, 3.8) is 0 Å². The van der Waals surface area contributed by atoms with Crippen molar-refractivity contribution in [1.82, 2.24) is 19.7 Å². The molecule has 1 fully saturated rings. The molecule has 0 spiro atoms. The highest BCUT2D eigenvalue weighted by Gasteiger charge is 2.34. The number of allylic oxidation sites excluding steroid dienone is 1. The predicted molar refractivity (Wildman–Crippen MR) is 133 cm³/mol. The molecule has 1 unspecified atom stereocenters. The van der Waals surface area contributed by atoms with Gasteiger partial charge >= 0.3 is 6.09 Å². The predicted octanol–water partition coefficient (Wildman–Crippen LogP) is 5.70. The normalized spacial score (nSPS) is 24.4. The maximum absolute atomic E-state index is 13.0. The molecule has 3 heterocycles. The van der Waals surface area contributed by atoms with Gasteiger partial charge in [0.05, 0.1) is 18.8 Å². The summed E-state index contributed by atoms with van der Waals surface area (Å²) in [6.45, 7) is 7.28. The van der Waals surface area contributed by atoms with Gasteiger partial charge in [0.25, 0.3) is 0 Å². The van der Waals surface area contributed by atoms with Crippen LogP contribution in [0.1, 0.15) is 69.6 Å². The lowest BCUT2D eigenvalue weighted by Crippen LogP contribution is -2.35. The van der Waals surface area contributed by atoms with Crippen molar-refractivity contribution in [2.45, 2.75) is 71.1 Å². The molecule has 2 aromatic rings. The second-order valence-corrected chi connectivity index (χ2v) is 11.0. The van der Waals surface area contributed by atoms with E-state index in [0.717, 1.165) is 55.1 Å². The van der Waals surface area contributed by atoms with Crippen LogP contribution in [0.2, 0.25) is 5.02 Å². The summed E-state index contributed by atoms with van der Waals surface area (Å²) in [5.74, 6) is 3.30. The van der Waals surface area contributed by atoms with Crippen molar-refractivity contribution in [3.05, 3.63) is 52.6 Å². The average Bonchev–Trinajstić information content (AvgIpc) is 3.14. The number of amides is 1. The first-order valence-electron chi connectivity index (χ1n) is 12.2. The van der Waals surface area contributed by atoms with Crippen LogP contribution in [0.15, 0.2) is 35.3 Å². The van der Waals surface area contributed by atoms with Crippen molar-refractivity contribution in [1.29, 1.82) is 0 Å².